The highest BCUT2D eigenvalue weighted by molar-refractivity contribution is 6.09. The largest absolute Gasteiger partial charge is 0.490 e. The van der Waals surface area contributed by atoms with Crippen LogP contribution in [-0.4, -0.2) is 50.1 Å². The number of esters is 3. The Bertz CT molecular complexity index is 1600. The summed E-state index contributed by atoms with van der Waals surface area (Å²) in [5, 5.41) is 0. The molecule has 3 rings (SSSR count). The van der Waals surface area contributed by atoms with Crippen LogP contribution in [0.25, 0.3) is 11.1 Å². The fraction of sp³-hybridized carbons (Fsp3) is 0.243. The molecule has 0 spiro atoms. The van der Waals surface area contributed by atoms with E-state index in [0.717, 1.165) is 11.1 Å². The first kappa shape index (κ1) is 35.0. The molecule has 3 aromatic rings. The van der Waals surface area contributed by atoms with Gasteiger partial charge in [-0.25, -0.2) is 14.4 Å². The van der Waals surface area contributed by atoms with Gasteiger partial charge < -0.3 is 23.7 Å². The quantitative estimate of drug-likeness (QED) is 0.0522. The molecular formula is C37H38O9. The van der Waals surface area contributed by atoms with Gasteiger partial charge in [-0.15, -0.1) is 0 Å². The van der Waals surface area contributed by atoms with Gasteiger partial charge in [-0.1, -0.05) is 56.1 Å². The number of ketones is 1. The maximum absolute atomic E-state index is 13.4. The molecule has 0 heterocycles. The van der Waals surface area contributed by atoms with Crippen molar-refractivity contribution < 1.29 is 42.9 Å². The standard InChI is InChI=1S/C37H38O9/c1-24(2)35(39)44-21-7-19-42-32-18-15-30(23-33(32)43-20-8-22-45-36(40)25(3)4)34(38)29-11-9-27(10-12-29)28-13-16-31(17-14-28)46-37(41)26(5)6/h9-18,23H,1,3,5,7-8,19-22H2,2,4,6H3. The predicted molar refractivity (Wildman–Crippen MR) is 174 cm³/mol. The molecule has 0 aliphatic carbocycles. The number of ether oxygens (including phenoxy) is 5. The molecule has 0 bridgehead atoms. The normalized spacial score (nSPS) is 10.3. The maximum Gasteiger partial charge on any atom is 0.338 e. The van der Waals surface area contributed by atoms with E-state index in [1.54, 1.807) is 63.2 Å². The van der Waals surface area contributed by atoms with Crippen molar-refractivity contribution in [2.45, 2.75) is 33.6 Å². The minimum Gasteiger partial charge on any atom is -0.490 e. The van der Waals surface area contributed by atoms with Crippen molar-refractivity contribution >= 4 is 23.7 Å². The third kappa shape index (κ3) is 10.6. The molecule has 0 radical (unpaired) electrons. The van der Waals surface area contributed by atoms with E-state index in [1.807, 2.05) is 24.3 Å². The summed E-state index contributed by atoms with van der Waals surface area (Å²) in [5.41, 5.74) is 3.56. The zero-order chi connectivity index (χ0) is 33.6. The molecule has 0 unspecified atom stereocenters. The van der Waals surface area contributed by atoms with E-state index in [-0.39, 0.29) is 32.2 Å². The summed E-state index contributed by atoms with van der Waals surface area (Å²) >= 11 is 0. The molecule has 0 fully saturated rings. The summed E-state index contributed by atoms with van der Waals surface area (Å²) in [5.74, 6) is -0.480. The molecule has 46 heavy (non-hydrogen) atoms. The highest BCUT2D eigenvalue weighted by Crippen LogP contribution is 2.30. The summed E-state index contributed by atoms with van der Waals surface area (Å²) in [6.45, 7) is 16.2. The minimum atomic E-state index is -0.491. The van der Waals surface area contributed by atoms with Crippen molar-refractivity contribution in [2.24, 2.45) is 0 Å². The summed E-state index contributed by atoms with van der Waals surface area (Å²) in [4.78, 5) is 48.4. The summed E-state index contributed by atoms with van der Waals surface area (Å²) in [6.07, 6.45) is 0.844. The number of hydrogen-bond acceptors (Lipinski definition) is 9. The number of hydrogen-bond donors (Lipinski definition) is 0. The highest BCUT2D eigenvalue weighted by atomic mass is 16.5. The molecule has 9 heteroatoms. The van der Waals surface area contributed by atoms with Crippen molar-refractivity contribution in [1.82, 2.24) is 0 Å². The molecule has 0 atom stereocenters. The van der Waals surface area contributed by atoms with Gasteiger partial charge in [0.15, 0.2) is 17.3 Å². The van der Waals surface area contributed by atoms with Gasteiger partial charge in [-0.2, -0.15) is 0 Å². The first-order valence-corrected chi connectivity index (χ1v) is 14.6. The first-order chi connectivity index (χ1) is 22.0. The van der Waals surface area contributed by atoms with Gasteiger partial charge in [0.25, 0.3) is 0 Å². The van der Waals surface area contributed by atoms with E-state index in [1.165, 1.54) is 0 Å². The minimum absolute atomic E-state index is 0.142. The lowest BCUT2D eigenvalue weighted by atomic mass is 9.99. The zero-order valence-electron chi connectivity index (χ0n) is 26.4. The Morgan fingerprint density at radius 2 is 1.00 bits per heavy atom. The van der Waals surface area contributed by atoms with Gasteiger partial charge in [0.05, 0.1) is 26.4 Å². The monoisotopic (exact) mass is 626 g/mol. The molecule has 9 nitrogen and oxygen atoms in total. The van der Waals surface area contributed by atoms with Gasteiger partial charge in [0.1, 0.15) is 5.75 Å². The Labute approximate surface area is 269 Å². The fourth-order valence-electron chi connectivity index (χ4n) is 3.83. The van der Waals surface area contributed by atoms with E-state index >= 15 is 0 Å². The Morgan fingerprint density at radius 3 is 1.50 bits per heavy atom. The Kier molecular flexibility index (Phi) is 13.1. The highest BCUT2D eigenvalue weighted by Gasteiger charge is 2.15. The topological polar surface area (TPSA) is 114 Å². The second-order valence-electron chi connectivity index (χ2n) is 10.5. The molecule has 0 aromatic heterocycles. The van der Waals surface area contributed by atoms with Crippen LogP contribution in [-0.2, 0) is 23.9 Å². The zero-order valence-corrected chi connectivity index (χ0v) is 26.4. The van der Waals surface area contributed by atoms with Crippen LogP contribution in [0.4, 0.5) is 0 Å². The third-order valence-electron chi connectivity index (χ3n) is 6.36. The predicted octanol–water partition coefficient (Wildman–Crippen LogP) is 6.84. The van der Waals surface area contributed by atoms with E-state index < -0.39 is 17.9 Å². The fourth-order valence-corrected chi connectivity index (χ4v) is 3.83. The Balaban J connectivity index is 1.69. The van der Waals surface area contributed by atoms with Crippen molar-refractivity contribution in [3.8, 4) is 28.4 Å². The van der Waals surface area contributed by atoms with Crippen LogP contribution in [0.3, 0.4) is 0 Å². The molecule has 0 amide bonds. The van der Waals surface area contributed by atoms with Gasteiger partial charge in [-0.05, 0) is 62.2 Å². The second kappa shape index (κ2) is 17.2. The second-order valence-corrected chi connectivity index (χ2v) is 10.5. The lowest BCUT2D eigenvalue weighted by molar-refractivity contribution is -0.140. The van der Waals surface area contributed by atoms with Gasteiger partial charge in [0.2, 0.25) is 0 Å². The summed E-state index contributed by atoms with van der Waals surface area (Å²) in [7, 11) is 0. The Hall–Kier alpha value is -5.44. The van der Waals surface area contributed by atoms with Crippen LogP contribution < -0.4 is 14.2 Å². The van der Waals surface area contributed by atoms with Gasteiger partial charge >= 0.3 is 17.9 Å². The molecule has 0 saturated heterocycles. The summed E-state index contributed by atoms with van der Waals surface area (Å²) in [6, 6.07) is 19.1. The Morgan fingerprint density at radius 1 is 0.543 bits per heavy atom. The van der Waals surface area contributed by atoms with Crippen LogP contribution in [0.2, 0.25) is 0 Å². The van der Waals surface area contributed by atoms with Crippen molar-refractivity contribution in [3.05, 3.63) is 114 Å². The van der Waals surface area contributed by atoms with Gasteiger partial charge in [-0.3, -0.25) is 4.79 Å². The van der Waals surface area contributed by atoms with Crippen LogP contribution in [0.5, 0.6) is 17.2 Å². The average Bonchev–Trinajstić information content (AvgIpc) is 3.04. The number of rotatable bonds is 17. The molecule has 240 valence electrons. The summed E-state index contributed by atoms with van der Waals surface area (Å²) < 4.78 is 27.3. The first-order valence-electron chi connectivity index (χ1n) is 14.6. The smallest absolute Gasteiger partial charge is 0.338 e. The molecule has 0 saturated carbocycles. The van der Waals surface area contributed by atoms with Crippen LogP contribution in [0.15, 0.2) is 103 Å². The van der Waals surface area contributed by atoms with Crippen LogP contribution in [0.1, 0.15) is 49.5 Å². The van der Waals surface area contributed by atoms with Crippen molar-refractivity contribution in [2.75, 3.05) is 26.4 Å². The van der Waals surface area contributed by atoms with Crippen LogP contribution in [0, 0.1) is 0 Å². The molecule has 3 aromatic carbocycles. The number of carbonyl (C=O) groups excluding carboxylic acids is 4. The van der Waals surface area contributed by atoms with E-state index in [9.17, 15) is 19.2 Å². The lowest BCUT2D eigenvalue weighted by Crippen LogP contribution is -2.11. The van der Waals surface area contributed by atoms with Crippen molar-refractivity contribution in [3.63, 3.8) is 0 Å². The molecular weight excluding hydrogens is 588 g/mol. The number of carbonyl (C=O) groups is 4. The maximum atomic E-state index is 13.4. The van der Waals surface area contributed by atoms with E-state index in [4.69, 9.17) is 23.7 Å². The lowest BCUT2D eigenvalue weighted by Gasteiger charge is -2.15. The van der Waals surface area contributed by atoms with E-state index in [0.29, 0.717) is 57.9 Å². The van der Waals surface area contributed by atoms with E-state index in [2.05, 4.69) is 19.7 Å². The number of benzene rings is 3. The molecule has 0 aliphatic heterocycles. The van der Waals surface area contributed by atoms with Crippen LogP contribution >= 0.6 is 0 Å². The average molecular weight is 627 g/mol. The third-order valence-corrected chi connectivity index (χ3v) is 6.36. The van der Waals surface area contributed by atoms with Crippen molar-refractivity contribution in [1.29, 1.82) is 0 Å². The van der Waals surface area contributed by atoms with Gasteiger partial charge in [0, 0.05) is 40.7 Å². The molecule has 0 N–H and O–H groups in total. The molecule has 0 aliphatic rings. The SMILES string of the molecule is C=C(C)C(=O)OCCCOc1ccc(C(=O)c2ccc(-c3ccc(OC(=O)C(=C)C)cc3)cc2)cc1OCCCOC(=O)C(=C)C.